The molecule has 1 aromatic rings. The van der Waals surface area contributed by atoms with Gasteiger partial charge < -0.3 is 14.7 Å². The van der Waals surface area contributed by atoms with Crippen LogP contribution in [0.3, 0.4) is 0 Å². The Balaban J connectivity index is 2.08. The Kier molecular flexibility index (Phi) is 2.95. The SMILES string of the molecule is CON[C@H]1CC2(CCC2)Oc2c1cc(O)c(C)c2C. The Morgan fingerprint density at radius 3 is 2.68 bits per heavy atom. The van der Waals surface area contributed by atoms with E-state index >= 15 is 0 Å². The van der Waals surface area contributed by atoms with Crippen LogP contribution in [0.5, 0.6) is 11.5 Å². The van der Waals surface area contributed by atoms with Crippen molar-refractivity contribution in [3.8, 4) is 11.5 Å². The molecule has 1 atom stereocenters. The molecule has 1 aliphatic carbocycles. The third-order valence-corrected chi connectivity index (χ3v) is 4.64. The molecular weight excluding hydrogens is 242 g/mol. The van der Waals surface area contributed by atoms with E-state index in [0.29, 0.717) is 5.75 Å². The van der Waals surface area contributed by atoms with Crippen LogP contribution in [0.15, 0.2) is 6.07 Å². The van der Waals surface area contributed by atoms with E-state index in [1.54, 1.807) is 13.2 Å². The van der Waals surface area contributed by atoms with Gasteiger partial charge in [-0.2, -0.15) is 5.48 Å². The first kappa shape index (κ1) is 12.8. The van der Waals surface area contributed by atoms with Gasteiger partial charge in [0.1, 0.15) is 17.1 Å². The monoisotopic (exact) mass is 263 g/mol. The van der Waals surface area contributed by atoms with Gasteiger partial charge in [0.15, 0.2) is 0 Å². The molecule has 4 heteroatoms. The van der Waals surface area contributed by atoms with Crippen LogP contribution in [-0.4, -0.2) is 17.8 Å². The molecule has 4 nitrogen and oxygen atoms in total. The number of hydroxylamine groups is 1. The molecule has 104 valence electrons. The van der Waals surface area contributed by atoms with E-state index in [0.717, 1.165) is 41.7 Å². The number of rotatable bonds is 2. The fourth-order valence-corrected chi connectivity index (χ4v) is 3.16. The zero-order chi connectivity index (χ0) is 13.6. The molecule has 2 N–H and O–H groups in total. The van der Waals surface area contributed by atoms with Crippen LogP contribution >= 0.6 is 0 Å². The fraction of sp³-hybridized carbons (Fsp3) is 0.600. The molecule has 0 aromatic heterocycles. The van der Waals surface area contributed by atoms with Crippen LogP contribution in [0.4, 0.5) is 0 Å². The lowest BCUT2D eigenvalue weighted by Gasteiger charge is -2.48. The summed E-state index contributed by atoms with van der Waals surface area (Å²) >= 11 is 0. The molecule has 1 fully saturated rings. The van der Waals surface area contributed by atoms with Gasteiger partial charge in [0, 0.05) is 12.0 Å². The summed E-state index contributed by atoms with van der Waals surface area (Å²) in [6, 6.07) is 1.89. The van der Waals surface area contributed by atoms with Crippen molar-refractivity contribution in [1.82, 2.24) is 5.48 Å². The first-order valence-corrected chi connectivity index (χ1v) is 6.87. The summed E-state index contributed by atoms with van der Waals surface area (Å²) in [5, 5.41) is 10.0. The number of hydrogen-bond acceptors (Lipinski definition) is 4. The van der Waals surface area contributed by atoms with Gasteiger partial charge in [0.05, 0.1) is 13.2 Å². The first-order chi connectivity index (χ1) is 9.06. The normalized spacial score (nSPS) is 23.6. The van der Waals surface area contributed by atoms with Crippen LogP contribution in [0.2, 0.25) is 0 Å². The number of phenolic OH excluding ortho intramolecular Hbond substituents is 1. The van der Waals surface area contributed by atoms with Crippen LogP contribution in [0.25, 0.3) is 0 Å². The second kappa shape index (κ2) is 4.39. The highest BCUT2D eigenvalue weighted by atomic mass is 16.6. The number of phenols is 1. The molecule has 2 aliphatic rings. The highest BCUT2D eigenvalue weighted by molar-refractivity contribution is 5.54. The summed E-state index contributed by atoms with van der Waals surface area (Å²) in [7, 11) is 1.63. The molecule has 0 unspecified atom stereocenters. The zero-order valence-electron chi connectivity index (χ0n) is 11.7. The van der Waals surface area contributed by atoms with Gasteiger partial charge in [-0.15, -0.1) is 0 Å². The van der Waals surface area contributed by atoms with Gasteiger partial charge in [0.2, 0.25) is 0 Å². The quantitative estimate of drug-likeness (QED) is 0.806. The minimum atomic E-state index is -0.0304. The van der Waals surface area contributed by atoms with Crippen molar-refractivity contribution >= 4 is 0 Å². The maximum absolute atomic E-state index is 10.0. The molecule has 1 heterocycles. The molecule has 0 amide bonds. The first-order valence-electron chi connectivity index (χ1n) is 6.87. The molecule has 19 heavy (non-hydrogen) atoms. The number of nitrogens with one attached hydrogen (secondary N) is 1. The number of hydrogen-bond donors (Lipinski definition) is 2. The summed E-state index contributed by atoms with van der Waals surface area (Å²) < 4.78 is 6.29. The Morgan fingerprint density at radius 1 is 1.37 bits per heavy atom. The van der Waals surface area contributed by atoms with Crippen molar-refractivity contribution < 1.29 is 14.7 Å². The van der Waals surface area contributed by atoms with Crippen LogP contribution in [-0.2, 0) is 4.84 Å². The molecule has 3 rings (SSSR count). The van der Waals surface area contributed by atoms with E-state index in [9.17, 15) is 5.11 Å². The van der Waals surface area contributed by atoms with Crippen molar-refractivity contribution in [3.63, 3.8) is 0 Å². The van der Waals surface area contributed by atoms with Gasteiger partial charge in [-0.05, 0) is 50.3 Å². The average Bonchev–Trinajstić information content (AvgIpc) is 2.35. The third kappa shape index (κ3) is 1.90. The van der Waals surface area contributed by atoms with Gasteiger partial charge in [-0.1, -0.05) is 0 Å². The highest BCUT2D eigenvalue weighted by Gasteiger charge is 2.46. The average molecular weight is 263 g/mol. The Morgan fingerprint density at radius 2 is 2.11 bits per heavy atom. The lowest BCUT2D eigenvalue weighted by molar-refractivity contribution is -0.0604. The molecule has 1 saturated carbocycles. The number of fused-ring (bicyclic) bond motifs is 1. The van der Waals surface area contributed by atoms with Crippen molar-refractivity contribution in [1.29, 1.82) is 0 Å². The van der Waals surface area contributed by atoms with E-state index in [1.807, 2.05) is 13.8 Å². The standard InChI is InChI=1S/C15H21NO3/c1-9-10(2)14-11(7-13(9)17)12(16-18-3)8-15(19-14)5-4-6-15/h7,12,16-17H,4-6,8H2,1-3H3/t12-/m0/s1. The van der Waals surface area contributed by atoms with Gasteiger partial charge in [0.25, 0.3) is 0 Å². The van der Waals surface area contributed by atoms with E-state index in [-0.39, 0.29) is 11.6 Å². The predicted molar refractivity (Wildman–Crippen MR) is 72.3 cm³/mol. The maximum Gasteiger partial charge on any atom is 0.128 e. The van der Waals surface area contributed by atoms with Crippen molar-refractivity contribution in [2.45, 2.75) is 51.2 Å². The minimum absolute atomic E-state index is 0.0304. The molecule has 1 aliphatic heterocycles. The van der Waals surface area contributed by atoms with Crippen LogP contribution < -0.4 is 10.2 Å². The summed E-state index contributed by atoms with van der Waals surface area (Å²) in [6.07, 6.45) is 4.34. The van der Waals surface area contributed by atoms with E-state index in [4.69, 9.17) is 9.57 Å². The minimum Gasteiger partial charge on any atom is -0.508 e. The second-order valence-electron chi connectivity index (χ2n) is 5.78. The predicted octanol–water partition coefficient (Wildman–Crippen LogP) is 2.91. The Hall–Kier alpha value is -1.26. The van der Waals surface area contributed by atoms with Crippen LogP contribution in [0, 0.1) is 13.8 Å². The highest BCUT2D eigenvalue weighted by Crippen LogP contribution is 2.51. The Labute approximate surface area is 113 Å². The summed E-state index contributed by atoms with van der Waals surface area (Å²) in [6.45, 7) is 3.94. The van der Waals surface area contributed by atoms with Gasteiger partial charge >= 0.3 is 0 Å². The number of aromatic hydroxyl groups is 1. The molecule has 0 saturated heterocycles. The summed E-state index contributed by atoms with van der Waals surface area (Å²) in [5.74, 6) is 1.25. The number of benzene rings is 1. The summed E-state index contributed by atoms with van der Waals surface area (Å²) in [5.41, 5.74) is 5.94. The zero-order valence-corrected chi connectivity index (χ0v) is 11.7. The largest absolute Gasteiger partial charge is 0.508 e. The van der Waals surface area contributed by atoms with E-state index < -0.39 is 0 Å². The lowest BCUT2D eigenvalue weighted by Crippen LogP contribution is -2.49. The van der Waals surface area contributed by atoms with Gasteiger partial charge in [-0.25, -0.2) is 0 Å². The molecule has 1 spiro atoms. The number of ether oxygens (including phenoxy) is 1. The molecule has 0 radical (unpaired) electrons. The molecule has 1 aromatic carbocycles. The van der Waals surface area contributed by atoms with Crippen molar-refractivity contribution in [2.24, 2.45) is 0 Å². The smallest absolute Gasteiger partial charge is 0.128 e. The molecule has 0 bridgehead atoms. The van der Waals surface area contributed by atoms with Crippen LogP contribution in [0.1, 0.15) is 48.4 Å². The third-order valence-electron chi connectivity index (χ3n) is 4.64. The second-order valence-corrected chi connectivity index (χ2v) is 5.78. The fourth-order valence-electron chi connectivity index (χ4n) is 3.16. The lowest BCUT2D eigenvalue weighted by atomic mass is 9.72. The topological polar surface area (TPSA) is 50.7 Å². The Bertz CT molecular complexity index is 509. The van der Waals surface area contributed by atoms with Crippen molar-refractivity contribution in [2.75, 3.05) is 7.11 Å². The maximum atomic E-state index is 10.0. The van der Waals surface area contributed by atoms with Gasteiger partial charge in [-0.3, -0.25) is 0 Å². The summed E-state index contributed by atoms with van der Waals surface area (Å²) in [4.78, 5) is 5.12. The van der Waals surface area contributed by atoms with E-state index in [1.165, 1.54) is 6.42 Å². The van der Waals surface area contributed by atoms with Crippen molar-refractivity contribution in [3.05, 3.63) is 22.8 Å². The van der Waals surface area contributed by atoms with E-state index in [2.05, 4.69) is 5.48 Å². The molecular formula is C15H21NO3.